The van der Waals surface area contributed by atoms with Gasteiger partial charge in [-0.05, 0) is 24.6 Å². The Labute approximate surface area is 141 Å². The summed E-state index contributed by atoms with van der Waals surface area (Å²) < 4.78 is 27.0. The normalized spacial score (nSPS) is 11.8. The first-order valence-electron chi connectivity index (χ1n) is 7.63. The first kappa shape index (κ1) is 18.1. The quantitative estimate of drug-likeness (QED) is 0.747. The van der Waals surface area contributed by atoms with Crippen LogP contribution in [0.4, 0.5) is 4.79 Å². The number of aromatic nitrogens is 3. The molecule has 0 aliphatic carbocycles. The molecule has 1 heterocycles. The predicted molar refractivity (Wildman–Crippen MR) is 90.1 cm³/mol. The fourth-order valence-electron chi connectivity index (χ4n) is 2.06. The summed E-state index contributed by atoms with van der Waals surface area (Å²) in [5, 5.41) is 13.5. The number of carbonyl (C=O) groups is 1. The summed E-state index contributed by atoms with van der Waals surface area (Å²) in [6, 6.07) is 4.47. The van der Waals surface area contributed by atoms with Crippen LogP contribution in [-0.4, -0.2) is 60.9 Å². The molecule has 2 N–H and O–H groups in total. The Bertz CT molecular complexity index is 815. The molecule has 132 valence electrons. The predicted octanol–water partition coefficient (Wildman–Crippen LogP) is 0.391. The fraction of sp³-hybridized carbons (Fsp3) is 0.500. The number of hydrogen-bond donors (Lipinski definition) is 2. The Kier molecular flexibility index (Phi) is 5.73. The SMILES string of the molecule is CCCNC(=O)NCCn1nnc2cc(S(=O)(=O)N(C)C)ccc21. The van der Waals surface area contributed by atoms with E-state index in [1.165, 1.54) is 26.2 Å². The summed E-state index contributed by atoms with van der Waals surface area (Å²) in [7, 11) is -0.550. The van der Waals surface area contributed by atoms with Crippen LogP contribution in [0.2, 0.25) is 0 Å². The number of urea groups is 1. The monoisotopic (exact) mass is 354 g/mol. The molecule has 2 rings (SSSR count). The van der Waals surface area contributed by atoms with Gasteiger partial charge >= 0.3 is 6.03 Å². The molecule has 0 fully saturated rings. The van der Waals surface area contributed by atoms with E-state index in [1.807, 2.05) is 6.92 Å². The first-order chi connectivity index (χ1) is 11.4. The van der Waals surface area contributed by atoms with Crippen LogP contribution in [0.25, 0.3) is 11.0 Å². The van der Waals surface area contributed by atoms with Gasteiger partial charge in [0.2, 0.25) is 10.0 Å². The van der Waals surface area contributed by atoms with Crippen molar-refractivity contribution in [2.75, 3.05) is 27.2 Å². The van der Waals surface area contributed by atoms with Crippen LogP contribution in [0.15, 0.2) is 23.1 Å². The van der Waals surface area contributed by atoms with E-state index in [2.05, 4.69) is 20.9 Å². The van der Waals surface area contributed by atoms with Crippen LogP contribution < -0.4 is 10.6 Å². The largest absolute Gasteiger partial charge is 0.338 e. The molecule has 0 saturated heterocycles. The topological polar surface area (TPSA) is 109 Å². The van der Waals surface area contributed by atoms with E-state index in [0.717, 1.165) is 10.7 Å². The highest BCUT2D eigenvalue weighted by atomic mass is 32.2. The number of rotatable bonds is 7. The summed E-state index contributed by atoms with van der Waals surface area (Å²) in [6.45, 7) is 3.44. The second-order valence-corrected chi connectivity index (χ2v) is 7.59. The van der Waals surface area contributed by atoms with Gasteiger partial charge in [0.1, 0.15) is 5.52 Å². The summed E-state index contributed by atoms with van der Waals surface area (Å²) in [6.07, 6.45) is 0.874. The van der Waals surface area contributed by atoms with Gasteiger partial charge in [-0.2, -0.15) is 0 Å². The van der Waals surface area contributed by atoms with Gasteiger partial charge < -0.3 is 10.6 Å². The molecule has 0 saturated carbocycles. The second kappa shape index (κ2) is 7.58. The molecule has 2 amide bonds. The number of hydrogen-bond acceptors (Lipinski definition) is 5. The maximum absolute atomic E-state index is 12.1. The van der Waals surface area contributed by atoms with Crippen LogP contribution in [0.5, 0.6) is 0 Å². The summed E-state index contributed by atoms with van der Waals surface area (Å²) in [4.78, 5) is 11.6. The number of amides is 2. The average molecular weight is 354 g/mol. The average Bonchev–Trinajstić information content (AvgIpc) is 2.95. The van der Waals surface area contributed by atoms with Gasteiger partial charge in [0, 0.05) is 27.2 Å². The summed E-state index contributed by atoms with van der Waals surface area (Å²) in [5.41, 5.74) is 1.21. The van der Waals surface area contributed by atoms with E-state index in [4.69, 9.17) is 0 Å². The highest BCUT2D eigenvalue weighted by Gasteiger charge is 2.18. The van der Waals surface area contributed by atoms with E-state index in [0.29, 0.717) is 30.7 Å². The maximum atomic E-state index is 12.1. The van der Waals surface area contributed by atoms with Gasteiger partial charge in [0.25, 0.3) is 0 Å². The zero-order valence-corrected chi connectivity index (χ0v) is 14.8. The maximum Gasteiger partial charge on any atom is 0.314 e. The number of sulfonamides is 1. The lowest BCUT2D eigenvalue weighted by Gasteiger charge is -2.11. The van der Waals surface area contributed by atoms with Crippen molar-refractivity contribution in [1.29, 1.82) is 0 Å². The van der Waals surface area contributed by atoms with Crippen molar-refractivity contribution in [2.24, 2.45) is 0 Å². The third kappa shape index (κ3) is 4.01. The second-order valence-electron chi connectivity index (χ2n) is 5.43. The smallest absolute Gasteiger partial charge is 0.314 e. The molecule has 0 bridgehead atoms. The van der Waals surface area contributed by atoms with E-state index in [1.54, 1.807) is 10.7 Å². The van der Waals surface area contributed by atoms with E-state index in [9.17, 15) is 13.2 Å². The molecule has 0 radical (unpaired) electrons. The van der Waals surface area contributed by atoms with Crippen LogP contribution in [-0.2, 0) is 16.6 Å². The molecular weight excluding hydrogens is 332 g/mol. The molecule has 0 unspecified atom stereocenters. The standard InChI is InChI=1S/C14H22N6O3S/c1-4-7-15-14(21)16-8-9-20-13-6-5-11(10-12(13)17-18-20)24(22,23)19(2)3/h5-6,10H,4,7-9H2,1-3H3,(H2,15,16,21). The Morgan fingerprint density at radius 1 is 1.25 bits per heavy atom. The van der Waals surface area contributed by atoms with Gasteiger partial charge in [-0.3, -0.25) is 0 Å². The summed E-state index contributed by atoms with van der Waals surface area (Å²) in [5.74, 6) is 0. The van der Waals surface area contributed by atoms with Gasteiger partial charge in [0.05, 0.1) is 17.0 Å². The Hall–Kier alpha value is -2.20. The molecule has 0 spiro atoms. The van der Waals surface area contributed by atoms with Crippen molar-refractivity contribution >= 4 is 27.1 Å². The fourth-order valence-corrected chi connectivity index (χ4v) is 2.99. The first-order valence-corrected chi connectivity index (χ1v) is 9.07. The van der Waals surface area contributed by atoms with Gasteiger partial charge in [0.15, 0.2) is 0 Å². The minimum absolute atomic E-state index is 0.170. The molecule has 24 heavy (non-hydrogen) atoms. The van der Waals surface area contributed by atoms with E-state index < -0.39 is 10.0 Å². The van der Waals surface area contributed by atoms with Gasteiger partial charge in [-0.15, -0.1) is 5.10 Å². The van der Waals surface area contributed by atoms with Gasteiger partial charge in [-0.1, -0.05) is 12.1 Å². The Balaban J connectivity index is 2.08. The molecular formula is C14H22N6O3S. The molecule has 0 aliphatic rings. The minimum atomic E-state index is -3.51. The Morgan fingerprint density at radius 3 is 2.62 bits per heavy atom. The van der Waals surface area contributed by atoms with Crippen LogP contribution in [0.3, 0.4) is 0 Å². The minimum Gasteiger partial charge on any atom is -0.338 e. The molecule has 10 heteroatoms. The van der Waals surface area contributed by atoms with E-state index in [-0.39, 0.29) is 10.9 Å². The van der Waals surface area contributed by atoms with Crippen molar-refractivity contribution < 1.29 is 13.2 Å². The number of carbonyl (C=O) groups excluding carboxylic acids is 1. The van der Waals surface area contributed by atoms with Crippen molar-refractivity contribution in [3.05, 3.63) is 18.2 Å². The van der Waals surface area contributed by atoms with Crippen molar-refractivity contribution in [3.8, 4) is 0 Å². The van der Waals surface area contributed by atoms with Crippen LogP contribution in [0, 0.1) is 0 Å². The molecule has 2 aromatic rings. The lowest BCUT2D eigenvalue weighted by molar-refractivity contribution is 0.240. The number of benzene rings is 1. The van der Waals surface area contributed by atoms with Gasteiger partial charge in [-0.25, -0.2) is 22.2 Å². The van der Waals surface area contributed by atoms with Crippen LogP contribution in [0.1, 0.15) is 13.3 Å². The molecule has 9 nitrogen and oxygen atoms in total. The van der Waals surface area contributed by atoms with E-state index >= 15 is 0 Å². The van der Waals surface area contributed by atoms with Crippen molar-refractivity contribution in [3.63, 3.8) is 0 Å². The number of fused-ring (bicyclic) bond motifs is 1. The molecule has 0 aliphatic heterocycles. The van der Waals surface area contributed by atoms with Crippen LogP contribution >= 0.6 is 0 Å². The third-order valence-electron chi connectivity index (χ3n) is 3.41. The molecule has 1 aromatic heterocycles. The number of nitrogens with one attached hydrogen (secondary N) is 2. The zero-order chi connectivity index (χ0) is 17.7. The lowest BCUT2D eigenvalue weighted by Crippen LogP contribution is -2.37. The van der Waals surface area contributed by atoms with Crippen molar-refractivity contribution in [2.45, 2.75) is 24.8 Å². The highest BCUT2D eigenvalue weighted by molar-refractivity contribution is 7.89. The third-order valence-corrected chi connectivity index (χ3v) is 5.22. The zero-order valence-electron chi connectivity index (χ0n) is 14.0. The molecule has 0 atom stereocenters. The number of nitrogens with zero attached hydrogens (tertiary/aromatic N) is 4. The van der Waals surface area contributed by atoms with Crippen molar-refractivity contribution in [1.82, 2.24) is 29.9 Å². The molecule has 1 aromatic carbocycles. The lowest BCUT2D eigenvalue weighted by atomic mass is 10.3. The highest BCUT2D eigenvalue weighted by Crippen LogP contribution is 2.19. The summed E-state index contributed by atoms with van der Waals surface area (Å²) >= 11 is 0. The Morgan fingerprint density at radius 2 is 1.96 bits per heavy atom.